The second-order valence-electron chi connectivity index (χ2n) is 4.82. The van der Waals surface area contributed by atoms with Crippen LogP contribution in [-0.2, 0) is 0 Å². The van der Waals surface area contributed by atoms with Crippen LogP contribution in [0.4, 0.5) is 11.4 Å². The van der Waals surface area contributed by atoms with Crippen LogP contribution < -0.4 is 11.0 Å². The van der Waals surface area contributed by atoms with Crippen molar-refractivity contribution in [3.05, 3.63) is 59.7 Å². The molecule has 2 aromatic carbocycles. The second-order valence-corrected chi connectivity index (χ2v) is 4.82. The maximum Gasteiger partial charge on any atom is 0.195 e. The summed E-state index contributed by atoms with van der Waals surface area (Å²) in [6, 6.07) is 14.9. The van der Waals surface area contributed by atoms with E-state index in [1.54, 1.807) is 12.1 Å². The molecule has 0 saturated carbocycles. The first-order valence-corrected chi connectivity index (χ1v) is 6.73. The van der Waals surface area contributed by atoms with E-state index in [0.29, 0.717) is 11.4 Å². The molecule has 114 valence electrons. The molecule has 22 heavy (non-hydrogen) atoms. The van der Waals surface area contributed by atoms with E-state index in [9.17, 15) is 10.4 Å². The highest BCUT2D eigenvalue weighted by atomic mass is 16.5. The zero-order valence-corrected chi connectivity index (χ0v) is 12.4. The van der Waals surface area contributed by atoms with Crippen LogP contribution in [0, 0.1) is 13.8 Å². The van der Waals surface area contributed by atoms with Crippen molar-refractivity contribution in [1.82, 2.24) is 11.0 Å². The van der Waals surface area contributed by atoms with E-state index in [1.807, 2.05) is 61.2 Å². The van der Waals surface area contributed by atoms with Crippen LogP contribution in [0.25, 0.3) is 0 Å². The number of aliphatic imine (C=N–C) groups is 2. The summed E-state index contributed by atoms with van der Waals surface area (Å²) < 4.78 is 0. The molecule has 0 amide bonds. The van der Waals surface area contributed by atoms with E-state index in [0.717, 1.165) is 11.1 Å². The van der Waals surface area contributed by atoms with Crippen molar-refractivity contribution in [1.29, 1.82) is 0 Å². The van der Waals surface area contributed by atoms with Gasteiger partial charge >= 0.3 is 0 Å². The molecular formula is C16H18N4O2. The number of benzene rings is 2. The van der Waals surface area contributed by atoms with E-state index >= 15 is 0 Å². The monoisotopic (exact) mass is 298 g/mol. The van der Waals surface area contributed by atoms with Crippen molar-refractivity contribution in [2.75, 3.05) is 0 Å². The number of aryl methyl sites for hydroxylation is 2. The third kappa shape index (κ3) is 4.15. The van der Waals surface area contributed by atoms with Gasteiger partial charge in [-0.25, -0.2) is 20.9 Å². The Morgan fingerprint density at radius 2 is 1.18 bits per heavy atom. The van der Waals surface area contributed by atoms with Crippen LogP contribution >= 0.6 is 0 Å². The standard InChI is InChI=1S/C16H18N4O2/c1-11-5-3-7-13(9-11)17-15(19-21)16(20-22)18-14-8-4-6-12(2)10-14/h3-10,21-22H,1-2H3,(H,17,19)(H,18,20). The smallest absolute Gasteiger partial charge is 0.195 e. The molecule has 0 radical (unpaired) electrons. The molecule has 4 N–H and O–H groups in total. The zero-order valence-electron chi connectivity index (χ0n) is 12.4. The van der Waals surface area contributed by atoms with Crippen LogP contribution in [0.1, 0.15) is 11.1 Å². The van der Waals surface area contributed by atoms with Gasteiger partial charge in [0.2, 0.25) is 0 Å². The van der Waals surface area contributed by atoms with Crippen molar-refractivity contribution in [3.8, 4) is 0 Å². The Hall–Kier alpha value is -2.70. The molecule has 0 aromatic heterocycles. The minimum absolute atomic E-state index is 0.00889. The van der Waals surface area contributed by atoms with Crippen molar-refractivity contribution < 1.29 is 10.4 Å². The predicted octanol–water partition coefficient (Wildman–Crippen LogP) is 3.02. The lowest BCUT2D eigenvalue weighted by Crippen LogP contribution is -2.37. The van der Waals surface area contributed by atoms with Crippen LogP contribution in [-0.4, -0.2) is 22.1 Å². The van der Waals surface area contributed by atoms with Gasteiger partial charge in [-0.05, 0) is 49.2 Å². The normalized spacial score (nSPS) is 12.2. The molecule has 0 aliphatic rings. The van der Waals surface area contributed by atoms with Crippen molar-refractivity contribution in [2.24, 2.45) is 9.98 Å². The molecule has 0 unspecified atom stereocenters. The molecule has 0 spiro atoms. The van der Waals surface area contributed by atoms with Gasteiger partial charge in [0.15, 0.2) is 11.7 Å². The fraction of sp³-hybridized carbons (Fsp3) is 0.125. The van der Waals surface area contributed by atoms with E-state index in [1.165, 1.54) is 0 Å². The van der Waals surface area contributed by atoms with Crippen molar-refractivity contribution in [2.45, 2.75) is 13.8 Å². The van der Waals surface area contributed by atoms with Gasteiger partial charge in [-0.2, -0.15) is 0 Å². The van der Waals surface area contributed by atoms with Gasteiger partial charge in [0, 0.05) is 0 Å². The minimum atomic E-state index is 0.00889. The topological polar surface area (TPSA) is 89.2 Å². The molecule has 0 fully saturated rings. The molecule has 6 nitrogen and oxygen atoms in total. The lowest BCUT2D eigenvalue weighted by atomic mass is 10.2. The lowest BCUT2D eigenvalue weighted by Gasteiger charge is -2.08. The number of rotatable bonds is 2. The molecule has 0 aliphatic heterocycles. The summed E-state index contributed by atoms with van der Waals surface area (Å²) in [4.78, 5) is 8.46. The van der Waals surface area contributed by atoms with Crippen LogP contribution in [0.3, 0.4) is 0 Å². The molecule has 0 atom stereocenters. The maximum atomic E-state index is 9.28. The van der Waals surface area contributed by atoms with Crippen LogP contribution in [0.15, 0.2) is 58.5 Å². The molecule has 0 bridgehead atoms. The highest BCUT2D eigenvalue weighted by molar-refractivity contribution is 6.40. The lowest BCUT2D eigenvalue weighted by molar-refractivity contribution is 0.223. The van der Waals surface area contributed by atoms with E-state index in [-0.39, 0.29) is 11.7 Å². The van der Waals surface area contributed by atoms with Crippen molar-refractivity contribution in [3.63, 3.8) is 0 Å². The Labute approximate surface area is 128 Å². The fourth-order valence-electron chi connectivity index (χ4n) is 1.92. The molecule has 0 aliphatic carbocycles. The minimum Gasteiger partial charge on any atom is -0.290 e. The van der Waals surface area contributed by atoms with Crippen molar-refractivity contribution >= 4 is 23.0 Å². The number of hydroxylamine groups is 2. The van der Waals surface area contributed by atoms with Crippen LogP contribution in [0.5, 0.6) is 0 Å². The Kier molecular flexibility index (Phi) is 5.24. The first-order chi connectivity index (χ1) is 10.6. The summed E-state index contributed by atoms with van der Waals surface area (Å²) >= 11 is 0. The average molecular weight is 298 g/mol. The molecule has 2 aromatic rings. The third-order valence-electron chi connectivity index (χ3n) is 2.92. The molecule has 0 saturated heterocycles. The number of hydrogen-bond acceptors (Lipinski definition) is 4. The SMILES string of the molecule is Cc1cccc(N=C(NO)C(=Nc2cccc(C)c2)NO)c1. The Morgan fingerprint density at radius 1 is 0.773 bits per heavy atom. The fourth-order valence-corrected chi connectivity index (χ4v) is 1.92. The van der Waals surface area contributed by atoms with Gasteiger partial charge in [-0.1, -0.05) is 24.3 Å². The molecule has 6 heteroatoms. The van der Waals surface area contributed by atoms with E-state index in [4.69, 9.17) is 0 Å². The Morgan fingerprint density at radius 3 is 1.50 bits per heavy atom. The summed E-state index contributed by atoms with van der Waals surface area (Å²) in [5.41, 5.74) is 7.23. The third-order valence-corrected chi connectivity index (χ3v) is 2.92. The molecule has 0 heterocycles. The largest absolute Gasteiger partial charge is 0.290 e. The second kappa shape index (κ2) is 7.35. The maximum absolute atomic E-state index is 9.28. The Bertz CT molecular complexity index is 649. The summed E-state index contributed by atoms with van der Waals surface area (Å²) in [5, 5.41) is 18.6. The summed E-state index contributed by atoms with van der Waals surface area (Å²) in [7, 11) is 0. The van der Waals surface area contributed by atoms with Gasteiger partial charge in [-0.15, -0.1) is 0 Å². The van der Waals surface area contributed by atoms with Gasteiger partial charge in [-0.3, -0.25) is 10.4 Å². The number of nitrogens with one attached hydrogen (secondary N) is 2. The zero-order chi connectivity index (χ0) is 15.9. The summed E-state index contributed by atoms with van der Waals surface area (Å²) in [5.74, 6) is 0.0178. The Balaban J connectivity index is 2.38. The quantitative estimate of drug-likeness (QED) is 0.390. The summed E-state index contributed by atoms with van der Waals surface area (Å²) in [6.45, 7) is 3.88. The average Bonchev–Trinajstić information content (AvgIpc) is 2.51. The first-order valence-electron chi connectivity index (χ1n) is 6.73. The van der Waals surface area contributed by atoms with Gasteiger partial charge in [0.05, 0.1) is 11.4 Å². The first kappa shape index (κ1) is 15.7. The van der Waals surface area contributed by atoms with E-state index < -0.39 is 0 Å². The van der Waals surface area contributed by atoms with Gasteiger partial charge in [0.25, 0.3) is 0 Å². The highest BCUT2D eigenvalue weighted by Crippen LogP contribution is 2.15. The number of amidine groups is 2. The van der Waals surface area contributed by atoms with Gasteiger partial charge in [0.1, 0.15) is 0 Å². The number of nitrogens with zero attached hydrogens (tertiary/aromatic N) is 2. The molecule has 2 rings (SSSR count). The summed E-state index contributed by atoms with van der Waals surface area (Å²) in [6.07, 6.45) is 0. The van der Waals surface area contributed by atoms with E-state index in [2.05, 4.69) is 9.98 Å². The number of hydrogen-bond donors (Lipinski definition) is 4. The highest BCUT2D eigenvalue weighted by Gasteiger charge is 2.08. The predicted molar refractivity (Wildman–Crippen MR) is 86.4 cm³/mol. The molecular weight excluding hydrogens is 280 g/mol. The van der Waals surface area contributed by atoms with Crippen LogP contribution in [0.2, 0.25) is 0 Å². The van der Waals surface area contributed by atoms with Gasteiger partial charge < -0.3 is 0 Å².